The lowest BCUT2D eigenvalue weighted by Crippen LogP contribution is -2.14. The van der Waals surface area contributed by atoms with Crippen molar-refractivity contribution in [3.63, 3.8) is 0 Å². The molecular formula is C7H11BCl2. The molecule has 3 atom stereocenters. The minimum absolute atomic E-state index is 0.102. The van der Waals surface area contributed by atoms with E-state index in [-0.39, 0.29) is 5.54 Å². The van der Waals surface area contributed by atoms with Crippen LogP contribution in [0.15, 0.2) is 0 Å². The van der Waals surface area contributed by atoms with Crippen LogP contribution in [0.25, 0.3) is 0 Å². The molecule has 3 heteroatoms. The Bertz CT molecular complexity index is 138. The smallest absolute Gasteiger partial charge is 0.171 e. The maximum Gasteiger partial charge on any atom is 0.355 e. The van der Waals surface area contributed by atoms with Crippen molar-refractivity contribution in [3.8, 4) is 0 Å². The van der Waals surface area contributed by atoms with Gasteiger partial charge in [0.2, 0.25) is 0 Å². The van der Waals surface area contributed by atoms with E-state index in [0.717, 1.165) is 11.8 Å². The van der Waals surface area contributed by atoms with Crippen LogP contribution in [0.4, 0.5) is 0 Å². The molecule has 0 spiro atoms. The Labute approximate surface area is 72.2 Å². The highest BCUT2D eigenvalue weighted by Crippen LogP contribution is 2.53. The highest BCUT2D eigenvalue weighted by molar-refractivity contribution is 7.34. The molecule has 0 saturated heterocycles. The quantitative estimate of drug-likeness (QED) is 0.539. The topological polar surface area (TPSA) is 0 Å². The van der Waals surface area contributed by atoms with Gasteiger partial charge in [0, 0.05) is 0 Å². The van der Waals surface area contributed by atoms with Gasteiger partial charge >= 0.3 is 5.54 Å². The predicted octanol–water partition coefficient (Wildman–Crippen LogP) is 3.14. The Hall–Kier alpha value is 0.645. The van der Waals surface area contributed by atoms with Crippen LogP contribution in [0.3, 0.4) is 0 Å². The average Bonchev–Trinajstić information content (AvgIpc) is 2.44. The van der Waals surface area contributed by atoms with Gasteiger partial charge in [0.15, 0.2) is 0 Å². The first-order chi connectivity index (χ1) is 4.77. The number of fused-ring (bicyclic) bond motifs is 2. The summed E-state index contributed by atoms with van der Waals surface area (Å²) in [6.07, 6.45) is 5.51. The van der Waals surface area contributed by atoms with E-state index in [1.54, 1.807) is 0 Å². The average molecular weight is 177 g/mol. The Balaban J connectivity index is 2.02. The second kappa shape index (κ2) is 2.60. The normalized spacial score (nSPS) is 44.4. The Kier molecular flexibility index (Phi) is 1.90. The second-order valence-corrected chi connectivity index (χ2v) is 4.84. The number of rotatable bonds is 1. The van der Waals surface area contributed by atoms with E-state index in [9.17, 15) is 0 Å². The summed E-state index contributed by atoms with van der Waals surface area (Å²) in [6, 6.07) is 0. The molecule has 0 aromatic carbocycles. The van der Waals surface area contributed by atoms with Crippen molar-refractivity contribution in [2.45, 2.75) is 31.5 Å². The van der Waals surface area contributed by atoms with Crippen molar-refractivity contribution in [2.75, 3.05) is 0 Å². The molecule has 0 aromatic rings. The van der Waals surface area contributed by atoms with Crippen molar-refractivity contribution in [1.82, 2.24) is 0 Å². The zero-order chi connectivity index (χ0) is 7.14. The van der Waals surface area contributed by atoms with Crippen molar-refractivity contribution >= 4 is 28.5 Å². The summed E-state index contributed by atoms with van der Waals surface area (Å²) in [5.74, 6) is 2.46. The van der Waals surface area contributed by atoms with E-state index in [1.807, 2.05) is 0 Å². The van der Waals surface area contributed by atoms with Crippen LogP contribution in [0.1, 0.15) is 25.7 Å². The zero-order valence-electron chi connectivity index (χ0n) is 5.89. The van der Waals surface area contributed by atoms with Crippen LogP contribution in [0.2, 0.25) is 5.82 Å². The monoisotopic (exact) mass is 176 g/mol. The van der Waals surface area contributed by atoms with Gasteiger partial charge < -0.3 is 0 Å². The van der Waals surface area contributed by atoms with Crippen LogP contribution < -0.4 is 0 Å². The fourth-order valence-electron chi connectivity index (χ4n) is 2.60. The molecule has 0 aromatic heterocycles. The summed E-state index contributed by atoms with van der Waals surface area (Å²) in [4.78, 5) is 0. The highest BCUT2D eigenvalue weighted by Gasteiger charge is 2.43. The molecule has 0 aliphatic heterocycles. The SMILES string of the molecule is ClB(Cl)C1CC2CCC1C2. The first-order valence-electron chi connectivity index (χ1n) is 4.05. The Morgan fingerprint density at radius 3 is 2.20 bits per heavy atom. The summed E-state index contributed by atoms with van der Waals surface area (Å²) in [7, 11) is 0. The summed E-state index contributed by atoms with van der Waals surface area (Å²) in [6.45, 7) is 0. The van der Waals surface area contributed by atoms with Crippen LogP contribution in [-0.2, 0) is 0 Å². The molecule has 0 N–H and O–H groups in total. The van der Waals surface area contributed by atoms with Crippen molar-refractivity contribution in [1.29, 1.82) is 0 Å². The van der Waals surface area contributed by atoms with Crippen LogP contribution >= 0.6 is 22.9 Å². The van der Waals surface area contributed by atoms with E-state index in [0.29, 0.717) is 5.82 Å². The molecule has 2 rings (SSSR count). The molecular weight excluding hydrogens is 166 g/mol. The van der Waals surface area contributed by atoms with Gasteiger partial charge in [-0.1, -0.05) is 19.3 Å². The molecule has 56 valence electrons. The molecule has 10 heavy (non-hydrogen) atoms. The van der Waals surface area contributed by atoms with E-state index in [1.165, 1.54) is 25.7 Å². The number of halogens is 2. The van der Waals surface area contributed by atoms with Gasteiger partial charge in [-0.25, -0.2) is 0 Å². The van der Waals surface area contributed by atoms with Gasteiger partial charge in [0.05, 0.1) is 0 Å². The molecule has 0 amide bonds. The first kappa shape index (κ1) is 7.30. The fourth-order valence-corrected chi connectivity index (χ4v) is 3.22. The minimum Gasteiger partial charge on any atom is -0.171 e. The van der Waals surface area contributed by atoms with Gasteiger partial charge in [-0.15, -0.1) is 0 Å². The lowest BCUT2D eigenvalue weighted by molar-refractivity contribution is 0.478. The van der Waals surface area contributed by atoms with E-state index in [2.05, 4.69) is 0 Å². The summed E-state index contributed by atoms with van der Waals surface area (Å²) in [5.41, 5.74) is -0.102. The molecule has 2 fully saturated rings. The molecule has 2 aliphatic rings. The largest absolute Gasteiger partial charge is 0.355 e. The molecule has 0 radical (unpaired) electrons. The van der Waals surface area contributed by atoms with Crippen LogP contribution in [-0.4, -0.2) is 5.54 Å². The first-order valence-corrected chi connectivity index (χ1v) is 4.93. The predicted molar refractivity (Wildman–Crippen MR) is 46.7 cm³/mol. The van der Waals surface area contributed by atoms with Crippen molar-refractivity contribution in [3.05, 3.63) is 0 Å². The van der Waals surface area contributed by atoms with Gasteiger partial charge in [0.25, 0.3) is 0 Å². The van der Waals surface area contributed by atoms with Gasteiger partial charge in [-0.05, 0) is 24.1 Å². The molecule has 3 unspecified atom stereocenters. The third-order valence-corrected chi connectivity index (χ3v) is 3.76. The third kappa shape index (κ3) is 1.08. The Morgan fingerprint density at radius 1 is 1.10 bits per heavy atom. The van der Waals surface area contributed by atoms with Gasteiger partial charge in [-0.3, -0.25) is 0 Å². The van der Waals surface area contributed by atoms with Crippen molar-refractivity contribution < 1.29 is 0 Å². The summed E-state index contributed by atoms with van der Waals surface area (Å²) in [5, 5.41) is 0. The maximum absolute atomic E-state index is 5.84. The Morgan fingerprint density at radius 2 is 1.90 bits per heavy atom. The number of hydrogen-bond donors (Lipinski definition) is 0. The van der Waals surface area contributed by atoms with E-state index < -0.39 is 0 Å². The van der Waals surface area contributed by atoms with Gasteiger partial charge in [0.1, 0.15) is 0 Å². The van der Waals surface area contributed by atoms with Crippen LogP contribution in [0, 0.1) is 11.8 Å². The minimum atomic E-state index is -0.102. The zero-order valence-corrected chi connectivity index (χ0v) is 7.41. The highest BCUT2D eigenvalue weighted by atomic mass is 35.5. The van der Waals surface area contributed by atoms with E-state index >= 15 is 0 Å². The summed E-state index contributed by atoms with van der Waals surface area (Å²) >= 11 is 11.7. The van der Waals surface area contributed by atoms with Gasteiger partial charge in [-0.2, -0.15) is 22.9 Å². The maximum atomic E-state index is 5.84. The molecule has 2 aliphatic carbocycles. The lowest BCUT2D eigenvalue weighted by atomic mass is 9.73. The van der Waals surface area contributed by atoms with Crippen LogP contribution in [0.5, 0.6) is 0 Å². The van der Waals surface area contributed by atoms with Crippen molar-refractivity contribution in [2.24, 2.45) is 11.8 Å². The number of hydrogen-bond acceptors (Lipinski definition) is 0. The standard InChI is InChI=1S/C7H11BCl2/c9-8(10)7-4-5-1-2-6(7)3-5/h5-7H,1-4H2. The van der Waals surface area contributed by atoms with E-state index in [4.69, 9.17) is 22.9 Å². The molecule has 0 heterocycles. The fraction of sp³-hybridized carbons (Fsp3) is 1.00. The second-order valence-electron chi connectivity index (χ2n) is 3.67. The summed E-state index contributed by atoms with van der Waals surface area (Å²) < 4.78 is 0. The third-order valence-electron chi connectivity index (χ3n) is 3.12. The molecule has 2 saturated carbocycles. The lowest BCUT2D eigenvalue weighted by Gasteiger charge is -2.19. The molecule has 2 bridgehead atoms. The molecule has 0 nitrogen and oxygen atoms in total.